The van der Waals surface area contributed by atoms with E-state index in [1.54, 1.807) is 32.2 Å². The minimum atomic E-state index is -0.391. The summed E-state index contributed by atoms with van der Waals surface area (Å²) < 4.78 is 20.2. The molecule has 0 fully saturated rings. The molecule has 2 aromatic rings. The fourth-order valence-electron chi connectivity index (χ4n) is 1.75. The van der Waals surface area contributed by atoms with E-state index in [1.165, 1.54) is 7.11 Å². The van der Waals surface area contributed by atoms with Crippen LogP contribution in [0.2, 0.25) is 0 Å². The first-order chi connectivity index (χ1) is 10.1. The van der Waals surface area contributed by atoms with E-state index in [1.807, 2.05) is 0 Å². The van der Waals surface area contributed by atoms with E-state index in [2.05, 4.69) is 10.1 Å². The number of hydrogen-bond acceptors (Lipinski definition) is 7. The van der Waals surface area contributed by atoms with Gasteiger partial charge in [-0.3, -0.25) is 4.79 Å². The van der Waals surface area contributed by atoms with Crippen molar-refractivity contribution in [2.24, 2.45) is 0 Å². The van der Waals surface area contributed by atoms with E-state index in [-0.39, 0.29) is 18.9 Å². The zero-order valence-corrected chi connectivity index (χ0v) is 12.1. The second-order valence-corrected chi connectivity index (χ2v) is 4.26. The maximum atomic E-state index is 11.8. The summed E-state index contributed by atoms with van der Waals surface area (Å²) in [5.74, 6) is 1.55. The summed E-state index contributed by atoms with van der Waals surface area (Å²) in [5.41, 5.74) is 0.763. The molecule has 0 atom stereocenters. The topological polar surface area (TPSA) is 83.7 Å². The molecule has 0 radical (unpaired) electrons. The Kier molecular flexibility index (Phi) is 4.76. The highest BCUT2D eigenvalue weighted by molar-refractivity contribution is 5.72. The van der Waals surface area contributed by atoms with E-state index in [4.69, 9.17) is 18.7 Å². The quantitative estimate of drug-likeness (QED) is 0.749. The molecule has 7 nitrogen and oxygen atoms in total. The van der Waals surface area contributed by atoms with Crippen LogP contribution in [0, 0.1) is 6.92 Å². The van der Waals surface area contributed by atoms with Gasteiger partial charge < -0.3 is 18.7 Å². The number of carbonyl (C=O) groups is 1. The van der Waals surface area contributed by atoms with E-state index in [0.29, 0.717) is 17.3 Å². The Hall–Kier alpha value is -2.57. The van der Waals surface area contributed by atoms with Crippen molar-refractivity contribution in [3.63, 3.8) is 0 Å². The lowest BCUT2D eigenvalue weighted by Crippen LogP contribution is -2.08. The maximum Gasteiger partial charge on any atom is 0.310 e. The number of aryl methyl sites for hydroxylation is 1. The maximum absolute atomic E-state index is 11.8. The Labute approximate surface area is 121 Å². The lowest BCUT2D eigenvalue weighted by atomic mass is 10.1. The van der Waals surface area contributed by atoms with Gasteiger partial charge in [-0.2, -0.15) is 4.98 Å². The molecule has 1 heterocycles. The number of methoxy groups -OCH3 is 2. The number of hydrogen-bond donors (Lipinski definition) is 0. The van der Waals surface area contributed by atoms with Crippen LogP contribution in [0.1, 0.15) is 17.3 Å². The molecule has 1 aromatic heterocycles. The van der Waals surface area contributed by atoms with Crippen LogP contribution in [0.25, 0.3) is 0 Å². The summed E-state index contributed by atoms with van der Waals surface area (Å²) in [6.07, 6.45) is 0.119. The largest absolute Gasteiger partial charge is 0.493 e. The van der Waals surface area contributed by atoms with Gasteiger partial charge in [0.2, 0.25) is 0 Å². The Morgan fingerprint density at radius 3 is 2.62 bits per heavy atom. The molecule has 0 amide bonds. The molecule has 0 N–H and O–H groups in total. The zero-order chi connectivity index (χ0) is 15.2. The molecular formula is C14H16N2O5. The van der Waals surface area contributed by atoms with Crippen LogP contribution in [-0.2, 0) is 22.6 Å². The molecule has 1 aromatic carbocycles. The van der Waals surface area contributed by atoms with Crippen molar-refractivity contribution in [2.75, 3.05) is 14.2 Å². The SMILES string of the molecule is COc1ccc(CC(=O)OCc2nc(C)no2)cc1OC. The van der Waals surface area contributed by atoms with Crippen molar-refractivity contribution in [2.45, 2.75) is 20.0 Å². The number of benzene rings is 1. The van der Waals surface area contributed by atoms with Crippen molar-refractivity contribution in [3.8, 4) is 11.5 Å². The van der Waals surface area contributed by atoms with Gasteiger partial charge in [0.15, 0.2) is 23.9 Å². The number of aromatic nitrogens is 2. The summed E-state index contributed by atoms with van der Waals surface area (Å²) >= 11 is 0. The van der Waals surface area contributed by atoms with Gasteiger partial charge in [-0.25, -0.2) is 0 Å². The van der Waals surface area contributed by atoms with E-state index >= 15 is 0 Å². The second-order valence-electron chi connectivity index (χ2n) is 4.26. The molecule has 7 heteroatoms. The van der Waals surface area contributed by atoms with Gasteiger partial charge in [0.1, 0.15) is 0 Å². The molecule has 112 valence electrons. The van der Waals surface area contributed by atoms with E-state index in [9.17, 15) is 4.79 Å². The van der Waals surface area contributed by atoms with Crippen molar-refractivity contribution < 1.29 is 23.5 Å². The summed E-state index contributed by atoms with van der Waals surface area (Å²) in [6.45, 7) is 1.66. The summed E-state index contributed by atoms with van der Waals surface area (Å²) in [5, 5.41) is 3.61. The fourth-order valence-corrected chi connectivity index (χ4v) is 1.75. The summed E-state index contributed by atoms with van der Waals surface area (Å²) in [4.78, 5) is 15.7. The van der Waals surface area contributed by atoms with Gasteiger partial charge >= 0.3 is 5.97 Å². The molecule has 0 bridgehead atoms. The van der Waals surface area contributed by atoms with Crippen LogP contribution in [0.3, 0.4) is 0 Å². The van der Waals surface area contributed by atoms with Crippen LogP contribution < -0.4 is 9.47 Å². The third-order valence-electron chi connectivity index (χ3n) is 2.72. The Balaban J connectivity index is 1.93. The van der Waals surface area contributed by atoms with Crippen LogP contribution in [0.4, 0.5) is 0 Å². The minimum absolute atomic E-state index is 0.0348. The first-order valence-electron chi connectivity index (χ1n) is 6.28. The first-order valence-corrected chi connectivity index (χ1v) is 6.28. The van der Waals surface area contributed by atoms with E-state index < -0.39 is 5.97 Å². The smallest absolute Gasteiger partial charge is 0.310 e. The fraction of sp³-hybridized carbons (Fsp3) is 0.357. The molecule has 0 aliphatic heterocycles. The van der Waals surface area contributed by atoms with Crippen molar-refractivity contribution in [1.82, 2.24) is 10.1 Å². The zero-order valence-electron chi connectivity index (χ0n) is 12.1. The van der Waals surface area contributed by atoms with Gasteiger partial charge in [-0.15, -0.1) is 0 Å². The van der Waals surface area contributed by atoms with Gasteiger partial charge in [-0.05, 0) is 24.6 Å². The first kappa shape index (κ1) is 14.8. The second kappa shape index (κ2) is 6.74. The number of carbonyl (C=O) groups excluding carboxylic acids is 1. The molecule has 0 saturated heterocycles. The average Bonchev–Trinajstić information content (AvgIpc) is 2.90. The average molecular weight is 292 g/mol. The van der Waals surface area contributed by atoms with Crippen molar-refractivity contribution >= 4 is 5.97 Å². The Morgan fingerprint density at radius 1 is 1.24 bits per heavy atom. The van der Waals surface area contributed by atoms with Crippen LogP contribution in [0.5, 0.6) is 11.5 Å². The molecule has 0 spiro atoms. The number of nitrogens with zero attached hydrogens (tertiary/aromatic N) is 2. The van der Waals surface area contributed by atoms with Gasteiger partial charge in [-0.1, -0.05) is 11.2 Å². The van der Waals surface area contributed by atoms with Crippen LogP contribution in [-0.4, -0.2) is 30.3 Å². The minimum Gasteiger partial charge on any atom is -0.493 e. The van der Waals surface area contributed by atoms with Crippen LogP contribution >= 0.6 is 0 Å². The normalized spacial score (nSPS) is 10.2. The Bertz CT molecular complexity index is 624. The highest BCUT2D eigenvalue weighted by Gasteiger charge is 2.11. The molecule has 2 rings (SSSR count). The number of ether oxygens (including phenoxy) is 3. The third kappa shape index (κ3) is 3.95. The number of esters is 1. The van der Waals surface area contributed by atoms with Crippen molar-refractivity contribution in [1.29, 1.82) is 0 Å². The lowest BCUT2D eigenvalue weighted by Gasteiger charge is -2.09. The third-order valence-corrected chi connectivity index (χ3v) is 2.72. The number of rotatable bonds is 6. The highest BCUT2D eigenvalue weighted by Crippen LogP contribution is 2.27. The molecule has 0 aliphatic rings. The Morgan fingerprint density at radius 2 is 2.00 bits per heavy atom. The van der Waals surface area contributed by atoms with Gasteiger partial charge in [0.05, 0.1) is 20.6 Å². The summed E-state index contributed by atoms with van der Waals surface area (Å²) in [7, 11) is 3.09. The van der Waals surface area contributed by atoms with Crippen LogP contribution in [0.15, 0.2) is 22.7 Å². The van der Waals surface area contributed by atoms with E-state index in [0.717, 1.165) is 5.56 Å². The predicted molar refractivity (Wildman–Crippen MR) is 72.1 cm³/mol. The van der Waals surface area contributed by atoms with Gasteiger partial charge in [0, 0.05) is 0 Å². The molecule has 0 saturated carbocycles. The van der Waals surface area contributed by atoms with Crippen molar-refractivity contribution in [3.05, 3.63) is 35.5 Å². The molecule has 21 heavy (non-hydrogen) atoms. The molecule has 0 aliphatic carbocycles. The molecular weight excluding hydrogens is 276 g/mol. The molecule has 0 unspecified atom stereocenters. The van der Waals surface area contributed by atoms with Gasteiger partial charge in [0.25, 0.3) is 5.89 Å². The monoisotopic (exact) mass is 292 g/mol. The highest BCUT2D eigenvalue weighted by atomic mass is 16.6. The standard InChI is InChI=1S/C14H16N2O5/c1-9-15-13(21-16-9)8-20-14(17)7-10-4-5-11(18-2)12(6-10)19-3/h4-6H,7-8H2,1-3H3. The lowest BCUT2D eigenvalue weighted by molar-refractivity contribution is -0.144. The predicted octanol–water partition coefficient (Wildman–Crippen LogP) is 1.68. The summed E-state index contributed by atoms with van der Waals surface area (Å²) in [6, 6.07) is 5.25.